The molecule has 1 fully saturated rings. The van der Waals surface area contributed by atoms with Crippen molar-refractivity contribution in [1.29, 1.82) is 0 Å². The largest absolute Gasteiger partial charge is 0.497 e. The van der Waals surface area contributed by atoms with E-state index in [4.69, 9.17) is 10.5 Å². The van der Waals surface area contributed by atoms with Gasteiger partial charge >= 0.3 is 0 Å². The molecule has 1 aromatic carbocycles. The van der Waals surface area contributed by atoms with E-state index in [0.29, 0.717) is 13.0 Å². The first-order valence-electron chi connectivity index (χ1n) is 5.80. The van der Waals surface area contributed by atoms with Gasteiger partial charge < -0.3 is 15.4 Å². The van der Waals surface area contributed by atoms with Crippen molar-refractivity contribution < 1.29 is 14.3 Å². The van der Waals surface area contributed by atoms with Crippen LogP contribution in [0.1, 0.15) is 17.9 Å². The Morgan fingerprint density at radius 1 is 1.44 bits per heavy atom. The van der Waals surface area contributed by atoms with Gasteiger partial charge in [0.2, 0.25) is 11.8 Å². The van der Waals surface area contributed by atoms with Gasteiger partial charge in [0, 0.05) is 18.9 Å². The maximum atomic E-state index is 11.7. The van der Waals surface area contributed by atoms with Crippen molar-refractivity contribution in [2.75, 3.05) is 20.2 Å². The molecule has 1 atom stereocenters. The van der Waals surface area contributed by atoms with Crippen LogP contribution in [-0.4, -0.2) is 36.9 Å². The highest BCUT2D eigenvalue weighted by Gasteiger charge is 2.31. The second-order valence-corrected chi connectivity index (χ2v) is 4.41. The number of ether oxygens (including phenoxy) is 1. The van der Waals surface area contributed by atoms with Crippen molar-refractivity contribution in [3.8, 4) is 5.75 Å². The number of methoxy groups -OCH3 is 1. The summed E-state index contributed by atoms with van der Waals surface area (Å²) in [5.74, 6) is 0.424. The van der Waals surface area contributed by atoms with Crippen molar-refractivity contribution in [2.24, 2.45) is 5.73 Å². The Bertz CT molecular complexity index is 456. The lowest BCUT2D eigenvalue weighted by Gasteiger charge is -2.14. The number of hydrogen-bond acceptors (Lipinski definition) is 3. The van der Waals surface area contributed by atoms with Crippen LogP contribution in [0.15, 0.2) is 24.3 Å². The van der Waals surface area contributed by atoms with Gasteiger partial charge in [-0.05, 0) is 17.7 Å². The zero-order valence-electron chi connectivity index (χ0n) is 10.3. The van der Waals surface area contributed by atoms with Crippen molar-refractivity contribution in [2.45, 2.75) is 12.3 Å². The predicted molar refractivity (Wildman–Crippen MR) is 66.1 cm³/mol. The van der Waals surface area contributed by atoms with E-state index < -0.39 is 5.91 Å². The molecule has 2 rings (SSSR count). The van der Waals surface area contributed by atoms with Crippen LogP contribution < -0.4 is 10.5 Å². The summed E-state index contributed by atoms with van der Waals surface area (Å²) >= 11 is 0. The Labute approximate surface area is 106 Å². The van der Waals surface area contributed by atoms with Crippen LogP contribution in [0.2, 0.25) is 0 Å². The predicted octanol–water partition coefficient (Wildman–Crippen LogP) is 0.496. The van der Waals surface area contributed by atoms with Gasteiger partial charge in [-0.1, -0.05) is 12.1 Å². The summed E-state index contributed by atoms with van der Waals surface area (Å²) < 4.78 is 5.09. The number of rotatable bonds is 4. The summed E-state index contributed by atoms with van der Waals surface area (Å²) in [6.07, 6.45) is 0.430. The first-order valence-corrected chi connectivity index (χ1v) is 5.80. The molecule has 0 bridgehead atoms. The van der Waals surface area contributed by atoms with Gasteiger partial charge in [-0.15, -0.1) is 0 Å². The van der Waals surface area contributed by atoms with E-state index in [-0.39, 0.29) is 18.4 Å². The van der Waals surface area contributed by atoms with Crippen LogP contribution in [0.5, 0.6) is 5.75 Å². The van der Waals surface area contributed by atoms with Gasteiger partial charge in [0.15, 0.2) is 0 Å². The quantitative estimate of drug-likeness (QED) is 0.843. The van der Waals surface area contributed by atoms with E-state index in [1.807, 2.05) is 24.3 Å². The third-order valence-electron chi connectivity index (χ3n) is 3.15. The van der Waals surface area contributed by atoms with Gasteiger partial charge in [0.05, 0.1) is 13.7 Å². The molecule has 1 unspecified atom stereocenters. The van der Waals surface area contributed by atoms with Crippen molar-refractivity contribution >= 4 is 11.8 Å². The molecule has 96 valence electrons. The van der Waals surface area contributed by atoms with E-state index in [9.17, 15) is 9.59 Å². The van der Waals surface area contributed by atoms with E-state index in [2.05, 4.69) is 0 Å². The molecule has 1 saturated heterocycles. The molecule has 0 saturated carbocycles. The molecule has 0 aromatic heterocycles. The average molecular weight is 248 g/mol. The van der Waals surface area contributed by atoms with Gasteiger partial charge in [-0.25, -0.2) is 0 Å². The highest BCUT2D eigenvalue weighted by atomic mass is 16.5. The Morgan fingerprint density at radius 2 is 2.11 bits per heavy atom. The highest BCUT2D eigenvalue weighted by molar-refractivity contribution is 5.85. The number of carbonyl (C=O) groups excluding carboxylic acids is 2. The third kappa shape index (κ3) is 2.61. The molecule has 5 heteroatoms. The number of amides is 2. The van der Waals surface area contributed by atoms with Crippen LogP contribution >= 0.6 is 0 Å². The third-order valence-corrected chi connectivity index (χ3v) is 3.15. The fourth-order valence-electron chi connectivity index (χ4n) is 2.21. The highest BCUT2D eigenvalue weighted by Crippen LogP contribution is 2.28. The number of hydrogen-bond donors (Lipinski definition) is 1. The smallest absolute Gasteiger partial charge is 0.237 e. The molecule has 5 nitrogen and oxygen atoms in total. The number of nitrogens with zero attached hydrogens (tertiary/aromatic N) is 1. The van der Waals surface area contributed by atoms with Crippen molar-refractivity contribution in [1.82, 2.24) is 4.90 Å². The Balaban J connectivity index is 2.06. The zero-order chi connectivity index (χ0) is 13.1. The van der Waals surface area contributed by atoms with E-state index >= 15 is 0 Å². The van der Waals surface area contributed by atoms with Gasteiger partial charge in [-0.2, -0.15) is 0 Å². The molecule has 0 spiro atoms. The molecule has 18 heavy (non-hydrogen) atoms. The summed E-state index contributed by atoms with van der Waals surface area (Å²) in [5, 5.41) is 0. The molecule has 2 amide bonds. The normalized spacial score (nSPS) is 19.1. The van der Waals surface area contributed by atoms with E-state index in [1.165, 1.54) is 4.90 Å². The minimum Gasteiger partial charge on any atom is -0.497 e. The summed E-state index contributed by atoms with van der Waals surface area (Å²) in [6.45, 7) is 0.555. The molecule has 1 aliphatic heterocycles. The lowest BCUT2D eigenvalue weighted by atomic mass is 9.98. The fraction of sp³-hybridized carbons (Fsp3) is 0.385. The second-order valence-electron chi connectivity index (χ2n) is 4.41. The van der Waals surface area contributed by atoms with Crippen LogP contribution in [0.25, 0.3) is 0 Å². The fourth-order valence-corrected chi connectivity index (χ4v) is 2.21. The topological polar surface area (TPSA) is 72.6 Å². The first-order chi connectivity index (χ1) is 8.60. The van der Waals surface area contributed by atoms with Crippen LogP contribution in [0.4, 0.5) is 0 Å². The van der Waals surface area contributed by atoms with Crippen LogP contribution in [-0.2, 0) is 9.59 Å². The SMILES string of the molecule is COc1ccc(C2CC(=O)N(CC(N)=O)C2)cc1. The Kier molecular flexibility index (Phi) is 3.50. The number of primary amides is 1. The molecular formula is C13H16N2O3. The van der Waals surface area contributed by atoms with Gasteiger partial charge in [0.1, 0.15) is 5.75 Å². The molecule has 0 radical (unpaired) electrons. The summed E-state index contributed by atoms with van der Waals surface area (Å²) in [6, 6.07) is 7.64. The zero-order valence-corrected chi connectivity index (χ0v) is 10.3. The van der Waals surface area contributed by atoms with E-state index in [1.54, 1.807) is 7.11 Å². The number of carbonyl (C=O) groups is 2. The molecule has 1 aliphatic rings. The first kappa shape index (κ1) is 12.4. The van der Waals surface area contributed by atoms with Crippen molar-refractivity contribution in [3.05, 3.63) is 29.8 Å². The maximum absolute atomic E-state index is 11.7. The van der Waals surface area contributed by atoms with Crippen molar-refractivity contribution in [3.63, 3.8) is 0 Å². The molecule has 2 N–H and O–H groups in total. The van der Waals surface area contributed by atoms with Gasteiger partial charge in [-0.3, -0.25) is 9.59 Å². The lowest BCUT2D eigenvalue weighted by molar-refractivity contribution is -0.132. The Hall–Kier alpha value is -2.04. The summed E-state index contributed by atoms with van der Waals surface area (Å²) in [4.78, 5) is 24.1. The number of likely N-dealkylation sites (tertiary alicyclic amines) is 1. The second kappa shape index (κ2) is 5.08. The van der Waals surface area contributed by atoms with Gasteiger partial charge in [0.25, 0.3) is 0 Å². The maximum Gasteiger partial charge on any atom is 0.237 e. The summed E-state index contributed by atoms with van der Waals surface area (Å²) in [5.41, 5.74) is 6.19. The summed E-state index contributed by atoms with van der Waals surface area (Å²) in [7, 11) is 1.61. The lowest BCUT2D eigenvalue weighted by Crippen LogP contribution is -2.34. The standard InChI is InChI=1S/C13H16N2O3/c1-18-11-4-2-9(3-5-11)10-6-13(17)15(7-10)8-12(14)16/h2-5,10H,6-8H2,1H3,(H2,14,16). The Morgan fingerprint density at radius 3 is 2.67 bits per heavy atom. The molecule has 1 aromatic rings. The minimum absolute atomic E-state index is 0.00544. The average Bonchev–Trinajstić information content (AvgIpc) is 2.70. The molecule has 1 heterocycles. The number of benzene rings is 1. The van der Waals surface area contributed by atoms with Crippen LogP contribution in [0, 0.1) is 0 Å². The number of nitrogens with two attached hydrogens (primary N) is 1. The molecule has 0 aliphatic carbocycles. The monoisotopic (exact) mass is 248 g/mol. The molecular weight excluding hydrogens is 232 g/mol. The van der Waals surface area contributed by atoms with E-state index in [0.717, 1.165) is 11.3 Å². The van der Waals surface area contributed by atoms with Crippen LogP contribution in [0.3, 0.4) is 0 Å². The minimum atomic E-state index is -0.473.